The van der Waals surface area contributed by atoms with E-state index in [1.165, 1.54) is 6.07 Å². The molecular formula is C8H5F4N3O. The average molecular weight is 235 g/mol. The second-order valence-corrected chi connectivity index (χ2v) is 2.67. The fraction of sp³-hybridized carbons (Fsp3) is 0.250. The number of nitrogens with zero attached hydrogens (tertiary/aromatic N) is 2. The molecule has 1 aromatic rings. The fourth-order valence-electron chi connectivity index (χ4n) is 0.990. The Balaban J connectivity index is 3.27. The number of nitrogens with two attached hydrogens (primary N) is 1. The van der Waals surface area contributed by atoms with Crippen molar-refractivity contribution in [2.45, 2.75) is 13.0 Å². The number of ether oxygens (including phenoxy) is 1. The molecule has 0 spiro atoms. The molecule has 0 aliphatic rings. The molecule has 0 bridgehead atoms. The van der Waals surface area contributed by atoms with Gasteiger partial charge in [0, 0.05) is 0 Å². The van der Waals surface area contributed by atoms with E-state index in [2.05, 4.69) is 9.72 Å². The highest BCUT2D eigenvalue weighted by Crippen LogP contribution is 2.28. The molecule has 0 unspecified atom stereocenters. The third-order valence-corrected chi connectivity index (χ3v) is 1.57. The van der Waals surface area contributed by atoms with E-state index in [1.54, 1.807) is 0 Å². The van der Waals surface area contributed by atoms with Crippen LogP contribution in [0.3, 0.4) is 0 Å². The lowest BCUT2D eigenvalue weighted by Crippen LogP contribution is -2.19. The van der Waals surface area contributed by atoms with Crippen LogP contribution in [0.1, 0.15) is 11.1 Å². The first kappa shape index (κ1) is 12.0. The van der Waals surface area contributed by atoms with E-state index in [4.69, 9.17) is 11.0 Å². The van der Waals surface area contributed by atoms with Crippen LogP contribution in [0.2, 0.25) is 0 Å². The quantitative estimate of drug-likeness (QED) is 0.794. The molecule has 0 radical (unpaired) electrons. The summed E-state index contributed by atoms with van der Waals surface area (Å²) >= 11 is 0. The first-order valence-electron chi connectivity index (χ1n) is 3.88. The number of pyridine rings is 1. The topological polar surface area (TPSA) is 71.9 Å². The van der Waals surface area contributed by atoms with Crippen molar-refractivity contribution in [3.63, 3.8) is 0 Å². The van der Waals surface area contributed by atoms with Crippen molar-refractivity contribution in [3.8, 4) is 11.9 Å². The Morgan fingerprint density at radius 1 is 1.50 bits per heavy atom. The van der Waals surface area contributed by atoms with Crippen molar-refractivity contribution in [1.29, 1.82) is 5.26 Å². The van der Waals surface area contributed by atoms with Crippen LogP contribution >= 0.6 is 0 Å². The summed E-state index contributed by atoms with van der Waals surface area (Å²) in [7, 11) is 0. The molecular weight excluding hydrogens is 230 g/mol. The van der Waals surface area contributed by atoms with Crippen LogP contribution in [0, 0.1) is 11.3 Å². The third-order valence-electron chi connectivity index (χ3n) is 1.57. The zero-order chi connectivity index (χ0) is 12.3. The van der Waals surface area contributed by atoms with E-state index in [1.807, 2.05) is 0 Å². The smallest absolute Gasteiger partial charge is 0.387 e. The van der Waals surface area contributed by atoms with Gasteiger partial charge in [0.1, 0.15) is 12.5 Å². The molecule has 0 saturated heterocycles. The van der Waals surface area contributed by atoms with Gasteiger partial charge in [-0.2, -0.15) is 10.2 Å². The minimum absolute atomic E-state index is 0.339. The molecule has 1 heterocycles. The highest BCUT2D eigenvalue weighted by Gasteiger charge is 2.33. The highest BCUT2D eigenvalue weighted by molar-refractivity contribution is 5.50. The summed E-state index contributed by atoms with van der Waals surface area (Å²) in [5.41, 5.74) is 4.23. The van der Waals surface area contributed by atoms with Crippen molar-refractivity contribution in [1.82, 2.24) is 4.98 Å². The minimum Gasteiger partial charge on any atom is -0.387 e. The molecule has 0 fully saturated rings. The Morgan fingerprint density at radius 3 is 2.56 bits per heavy atom. The molecule has 1 rings (SSSR count). The van der Waals surface area contributed by atoms with E-state index in [0.29, 0.717) is 0 Å². The standard InChI is InChI=1S/C8H5F4N3O/c9-2-5-4(3-13)1-6(14)15-7(5)16-8(10,11)12/h1H,2H2,(H2,14,15). The van der Waals surface area contributed by atoms with Gasteiger partial charge in [-0.15, -0.1) is 13.2 Å². The number of hydrogen-bond acceptors (Lipinski definition) is 4. The summed E-state index contributed by atoms with van der Waals surface area (Å²) in [6.45, 7) is -1.30. The zero-order valence-electron chi connectivity index (χ0n) is 7.68. The molecule has 0 aliphatic heterocycles. The summed E-state index contributed by atoms with van der Waals surface area (Å²) in [4.78, 5) is 3.18. The van der Waals surface area contributed by atoms with Gasteiger partial charge in [0.2, 0.25) is 5.88 Å². The Morgan fingerprint density at radius 2 is 2.12 bits per heavy atom. The lowest BCUT2D eigenvalue weighted by atomic mass is 10.1. The van der Waals surface area contributed by atoms with E-state index in [9.17, 15) is 17.6 Å². The van der Waals surface area contributed by atoms with Crippen molar-refractivity contribution in [3.05, 3.63) is 17.2 Å². The van der Waals surface area contributed by atoms with Crippen LogP contribution < -0.4 is 10.5 Å². The summed E-state index contributed by atoms with van der Waals surface area (Å²) in [6, 6.07) is 2.48. The number of nitrogen functional groups attached to an aromatic ring is 1. The summed E-state index contributed by atoms with van der Waals surface area (Å²) in [6.07, 6.45) is -5.02. The lowest BCUT2D eigenvalue weighted by molar-refractivity contribution is -0.276. The summed E-state index contributed by atoms with van der Waals surface area (Å²) in [5, 5.41) is 8.56. The number of nitriles is 1. The number of anilines is 1. The number of alkyl halides is 4. The molecule has 86 valence electrons. The van der Waals surface area contributed by atoms with E-state index in [0.717, 1.165) is 6.07 Å². The van der Waals surface area contributed by atoms with Crippen molar-refractivity contribution in [2.24, 2.45) is 0 Å². The first-order valence-corrected chi connectivity index (χ1v) is 3.88. The SMILES string of the molecule is N#Cc1cc(N)nc(OC(F)(F)F)c1CF. The molecule has 0 amide bonds. The molecule has 4 nitrogen and oxygen atoms in total. The summed E-state index contributed by atoms with van der Waals surface area (Å²) in [5.74, 6) is -1.39. The number of rotatable bonds is 2. The number of halogens is 4. The predicted octanol–water partition coefficient (Wildman–Crippen LogP) is 1.90. The largest absolute Gasteiger partial charge is 0.574 e. The lowest BCUT2D eigenvalue weighted by Gasteiger charge is -2.11. The van der Waals surface area contributed by atoms with Gasteiger partial charge < -0.3 is 10.5 Å². The van der Waals surface area contributed by atoms with Gasteiger partial charge in [0.25, 0.3) is 0 Å². The third kappa shape index (κ3) is 2.73. The van der Waals surface area contributed by atoms with Gasteiger partial charge in [-0.1, -0.05) is 0 Å². The Labute approximate surface area is 87.3 Å². The van der Waals surface area contributed by atoms with Crippen molar-refractivity contribution >= 4 is 5.82 Å². The zero-order valence-corrected chi connectivity index (χ0v) is 7.68. The van der Waals surface area contributed by atoms with Crippen LogP contribution in [0.25, 0.3) is 0 Å². The van der Waals surface area contributed by atoms with E-state index >= 15 is 0 Å². The van der Waals surface area contributed by atoms with Crippen LogP contribution in [-0.2, 0) is 6.67 Å². The van der Waals surface area contributed by atoms with Gasteiger partial charge in [0.15, 0.2) is 0 Å². The number of hydrogen-bond donors (Lipinski definition) is 1. The maximum absolute atomic E-state index is 12.5. The first-order chi connectivity index (χ1) is 7.37. The molecule has 0 saturated carbocycles. The monoisotopic (exact) mass is 235 g/mol. The molecule has 2 N–H and O–H groups in total. The number of aromatic nitrogens is 1. The molecule has 1 aromatic heterocycles. The van der Waals surface area contributed by atoms with Crippen LogP contribution in [0.5, 0.6) is 5.88 Å². The molecule has 0 aromatic carbocycles. The Bertz CT molecular complexity index is 438. The molecule has 16 heavy (non-hydrogen) atoms. The van der Waals surface area contributed by atoms with E-state index < -0.39 is 24.5 Å². The second kappa shape index (κ2) is 4.22. The Kier molecular flexibility index (Phi) is 3.17. The second-order valence-electron chi connectivity index (χ2n) is 2.67. The minimum atomic E-state index is -5.02. The van der Waals surface area contributed by atoms with Crippen molar-refractivity contribution in [2.75, 3.05) is 5.73 Å². The van der Waals surface area contributed by atoms with Crippen LogP contribution in [-0.4, -0.2) is 11.3 Å². The maximum atomic E-state index is 12.5. The van der Waals surface area contributed by atoms with Gasteiger partial charge in [-0.05, 0) is 6.07 Å². The predicted molar refractivity (Wildman–Crippen MR) is 44.9 cm³/mol. The molecule has 0 atom stereocenters. The van der Waals surface area contributed by atoms with Crippen LogP contribution in [0.4, 0.5) is 23.4 Å². The molecule has 0 aliphatic carbocycles. The Hall–Kier alpha value is -2.04. The van der Waals surface area contributed by atoms with Gasteiger partial charge in [-0.3, -0.25) is 0 Å². The maximum Gasteiger partial charge on any atom is 0.574 e. The van der Waals surface area contributed by atoms with Gasteiger partial charge >= 0.3 is 6.36 Å². The van der Waals surface area contributed by atoms with Gasteiger partial charge in [-0.25, -0.2) is 4.39 Å². The average Bonchev–Trinajstić information content (AvgIpc) is 2.14. The van der Waals surface area contributed by atoms with Gasteiger partial charge in [0.05, 0.1) is 17.2 Å². The fourth-order valence-corrected chi connectivity index (χ4v) is 0.990. The highest BCUT2D eigenvalue weighted by atomic mass is 19.4. The normalized spacial score (nSPS) is 10.9. The van der Waals surface area contributed by atoms with Crippen LogP contribution in [0.15, 0.2) is 6.07 Å². The molecule has 8 heteroatoms. The summed E-state index contributed by atoms with van der Waals surface area (Å²) < 4.78 is 51.7. The van der Waals surface area contributed by atoms with E-state index in [-0.39, 0.29) is 11.4 Å². The van der Waals surface area contributed by atoms with Crippen molar-refractivity contribution < 1.29 is 22.3 Å².